The Labute approximate surface area is 124 Å². The predicted octanol–water partition coefficient (Wildman–Crippen LogP) is 3.90. The first-order chi connectivity index (χ1) is 9.41. The number of halogens is 2. The van der Waals surface area contributed by atoms with Crippen molar-refractivity contribution >= 4 is 32.9 Å². The number of imidazole rings is 1. The average molecular weight is 343 g/mol. The highest BCUT2D eigenvalue weighted by Gasteiger charge is 2.36. The van der Waals surface area contributed by atoms with E-state index in [0.29, 0.717) is 40.6 Å². The van der Waals surface area contributed by atoms with Crippen LogP contribution in [0.3, 0.4) is 0 Å². The lowest BCUT2D eigenvalue weighted by Crippen LogP contribution is -2.32. The van der Waals surface area contributed by atoms with E-state index in [1.807, 2.05) is 13.8 Å². The fourth-order valence-corrected chi connectivity index (χ4v) is 2.67. The molecule has 4 nitrogen and oxygen atoms in total. The summed E-state index contributed by atoms with van der Waals surface area (Å²) in [5.41, 5.74) is 0.371. The average Bonchev–Trinajstić information content (AvgIpc) is 2.77. The Morgan fingerprint density at radius 3 is 2.65 bits per heavy atom. The number of hydrogen-bond acceptors (Lipinski definition) is 2. The van der Waals surface area contributed by atoms with Crippen molar-refractivity contribution in [3.63, 3.8) is 0 Å². The molecule has 20 heavy (non-hydrogen) atoms. The van der Waals surface area contributed by atoms with Crippen LogP contribution in [-0.2, 0) is 11.2 Å². The first kappa shape index (κ1) is 15.0. The standard InChI is InChI=1S/C14H16BrFN2O2/c1-3-14(4-2,13(19)20)7-12-17-10-5-8(15)9(16)6-11(10)18-12/h5-6H,3-4,7H2,1-2H3,(H,17,18)(H,19,20). The minimum absolute atomic E-state index is 0.309. The van der Waals surface area contributed by atoms with E-state index >= 15 is 0 Å². The Morgan fingerprint density at radius 1 is 1.45 bits per heavy atom. The van der Waals surface area contributed by atoms with E-state index < -0.39 is 11.4 Å². The molecule has 0 amide bonds. The molecule has 0 fully saturated rings. The number of benzene rings is 1. The summed E-state index contributed by atoms with van der Waals surface area (Å²) >= 11 is 3.11. The zero-order valence-electron chi connectivity index (χ0n) is 11.3. The number of carbonyl (C=O) groups is 1. The third-order valence-electron chi connectivity index (χ3n) is 3.89. The fourth-order valence-electron chi connectivity index (χ4n) is 2.34. The van der Waals surface area contributed by atoms with Gasteiger partial charge in [0.2, 0.25) is 0 Å². The quantitative estimate of drug-likeness (QED) is 0.865. The molecule has 6 heteroatoms. The first-order valence-corrected chi connectivity index (χ1v) is 7.28. The second kappa shape index (κ2) is 5.52. The summed E-state index contributed by atoms with van der Waals surface area (Å²) in [5.74, 6) is -0.623. The molecule has 1 aromatic heterocycles. The van der Waals surface area contributed by atoms with Gasteiger partial charge in [-0.25, -0.2) is 9.37 Å². The molecule has 2 rings (SSSR count). The number of nitrogens with one attached hydrogen (secondary N) is 1. The maximum absolute atomic E-state index is 13.5. The Kier molecular flexibility index (Phi) is 4.13. The molecule has 108 valence electrons. The molecule has 0 spiro atoms. The molecule has 0 atom stereocenters. The number of nitrogens with zero attached hydrogens (tertiary/aromatic N) is 1. The number of carboxylic acid groups (broad SMARTS) is 1. The van der Waals surface area contributed by atoms with Gasteiger partial charge in [-0.3, -0.25) is 4.79 Å². The van der Waals surface area contributed by atoms with Crippen LogP contribution in [0, 0.1) is 11.2 Å². The number of rotatable bonds is 5. The van der Waals surface area contributed by atoms with Gasteiger partial charge in [-0.15, -0.1) is 0 Å². The SMILES string of the molecule is CCC(CC)(Cc1nc2cc(Br)c(F)cc2[nH]1)C(=O)O. The Bertz CT molecular complexity index is 611. The van der Waals surface area contributed by atoms with Gasteiger partial charge in [-0.1, -0.05) is 13.8 Å². The second-order valence-electron chi connectivity index (χ2n) is 4.94. The molecular weight excluding hydrogens is 327 g/mol. The second-order valence-corrected chi connectivity index (χ2v) is 5.79. The summed E-state index contributed by atoms with van der Waals surface area (Å²) in [6.45, 7) is 3.72. The molecule has 0 bridgehead atoms. The summed E-state index contributed by atoms with van der Waals surface area (Å²) in [6, 6.07) is 2.95. The third kappa shape index (κ3) is 2.57. The van der Waals surface area contributed by atoms with E-state index in [4.69, 9.17) is 0 Å². The molecule has 0 aliphatic carbocycles. The third-order valence-corrected chi connectivity index (χ3v) is 4.49. The summed E-state index contributed by atoms with van der Waals surface area (Å²) in [6.07, 6.45) is 1.35. The minimum atomic E-state index is -0.830. The molecule has 1 heterocycles. The van der Waals surface area contributed by atoms with Crippen molar-refractivity contribution in [3.05, 3.63) is 28.2 Å². The summed E-state index contributed by atoms with van der Waals surface area (Å²) in [5, 5.41) is 9.44. The molecule has 2 aromatic rings. The molecule has 0 saturated heterocycles. The Morgan fingerprint density at radius 2 is 2.10 bits per heavy atom. The monoisotopic (exact) mass is 342 g/mol. The van der Waals surface area contributed by atoms with Gasteiger partial charge in [0, 0.05) is 12.5 Å². The van der Waals surface area contributed by atoms with Gasteiger partial charge in [0.25, 0.3) is 0 Å². The van der Waals surface area contributed by atoms with E-state index in [1.165, 1.54) is 6.07 Å². The normalized spacial score (nSPS) is 12.0. The smallest absolute Gasteiger partial charge is 0.310 e. The largest absolute Gasteiger partial charge is 0.481 e. The van der Waals surface area contributed by atoms with E-state index in [0.717, 1.165) is 0 Å². The highest BCUT2D eigenvalue weighted by molar-refractivity contribution is 9.10. The van der Waals surface area contributed by atoms with Crippen molar-refractivity contribution in [2.75, 3.05) is 0 Å². The van der Waals surface area contributed by atoms with Gasteiger partial charge in [0.05, 0.1) is 20.9 Å². The lowest BCUT2D eigenvalue weighted by Gasteiger charge is -2.25. The highest BCUT2D eigenvalue weighted by Crippen LogP contribution is 2.31. The van der Waals surface area contributed by atoms with Crippen LogP contribution in [0.1, 0.15) is 32.5 Å². The maximum atomic E-state index is 13.5. The summed E-state index contributed by atoms with van der Waals surface area (Å²) in [4.78, 5) is 18.9. The Balaban J connectivity index is 2.41. The van der Waals surface area contributed by atoms with E-state index in [9.17, 15) is 14.3 Å². The van der Waals surface area contributed by atoms with Gasteiger partial charge >= 0.3 is 5.97 Å². The van der Waals surface area contributed by atoms with Gasteiger partial charge in [-0.05, 0) is 34.8 Å². The van der Waals surface area contributed by atoms with Crippen molar-refractivity contribution < 1.29 is 14.3 Å². The number of H-pyrrole nitrogens is 1. The van der Waals surface area contributed by atoms with Crippen molar-refractivity contribution in [3.8, 4) is 0 Å². The van der Waals surface area contributed by atoms with Crippen LogP contribution in [0.5, 0.6) is 0 Å². The van der Waals surface area contributed by atoms with Crippen molar-refractivity contribution in [2.45, 2.75) is 33.1 Å². The van der Waals surface area contributed by atoms with Gasteiger partial charge in [0.15, 0.2) is 0 Å². The summed E-state index contributed by atoms with van der Waals surface area (Å²) in [7, 11) is 0. The zero-order chi connectivity index (χ0) is 14.9. The molecule has 0 radical (unpaired) electrons. The zero-order valence-corrected chi connectivity index (χ0v) is 12.9. The Hall–Kier alpha value is -1.43. The minimum Gasteiger partial charge on any atom is -0.481 e. The van der Waals surface area contributed by atoms with Crippen molar-refractivity contribution in [2.24, 2.45) is 5.41 Å². The lowest BCUT2D eigenvalue weighted by atomic mass is 9.79. The summed E-state index contributed by atoms with van der Waals surface area (Å²) < 4.78 is 13.8. The highest BCUT2D eigenvalue weighted by atomic mass is 79.9. The molecule has 2 N–H and O–H groups in total. The number of aliphatic carboxylic acids is 1. The molecular formula is C14H16BrFN2O2. The van der Waals surface area contributed by atoms with Crippen LogP contribution in [0.25, 0.3) is 11.0 Å². The lowest BCUT2D eigenvalue weighted by molar-refractivity contribution is -0.149. The van der Waals surface area contributed by atoms with E-state index in [1.54, 1.807) is 6.07 Å². The van der Waals surface area contributed by atoms with Crippen molar-refractivity contribution in [1.82, 2.24) is 9.97 Å². The maximum Gasteiger partial charge on any atom is 0.310 e. The van der Waals surface area contributed by atoms with E-state index in [2.05, 4.69) is 25.9 Å². The van der Waals surface area contributed by atoms with Crippen LogP contribution in [0.15, 0.2) is 16.6 Å². The van der Waals surface area contributed by atoms with Crippen LogP contribution < -0.4 is 0 Å². The van der Waals surface area contributed by atoms with Crippen LogP contribution in [-0.4, -0.2) is 21.0 Å². The predicted molar refractivity (Wildman–Crippen MR) is 78.1 cm³/mol. The fraction of sp³-hybridized carbons (Fsp3) is 0.429. The van der Waals surface area contributed by atoms with Gasteiger partial charge in [0.1, 0.15) is 11.6 Å². The number of hydrogen-bond donors (Lipinski definition) is 2. The number of carboxylic acids is 1. The van der Waals surface area contributed by atoms with Crippen molar-refractivity contribution in [1.29, 1.82) is 0 Å². The van der Waals surface area contributed by atoms with Gasteiger partial charge < -0.3 is 10.1 Å². The molecule has 1 aromatic carbocycles. The molecule has 0 saturated carbocycles. The first-order valence-electron chi connectivity index (χ1n) is 6.49. The molecule has 0 unspecified atom stereocenters. The molecule has 0 aliphatic rings. The topological polar surface area (TPSA) is 66.0 Å². The van der Waals surface area contributed by atoms with Gasteiger partial charge in [-0.2, -0.15) is 0 Å². The number of fused-ring (bicyclic) bond motifs is 1. The van der Waals surface area contributed by atoms with Crippen LogP contribution in [0.2, 0.25) is 0 Å². The number of aromatic nitrogens is 2. The van der Waals surface area contributed by atoms with E-state index in [-0.39, 0.29) is 5.82 Å². The number of aromatic amines is 1. The molecule has 0 aliphatic heterocycles. The van der Waals surface area contributed by atoms with Crippen LogP contribution in [0.4, 0.5) is 4.39 Å². The van der Waals surface area contributed by atoms with Crippen LogP contribution >= 0.6 is 15.9 Å².